The molecule has 0 aromatic carbocycles. The van der Waals surface area contributed by atoms with Crippen LogP contribution in [0.15, 0.2) is 60.8 Å². The number of ether oxygens (including phenoxy) is 1. The molecule has 0 aromatic rings. The van der Waals surface area contributed by atoms with Gasteiger partial charge >= 0.3 is 11.9 Å². The third-order valence-corrected chi connectivity index (χ3v) is 7.16. The molecule has 44 heavy (non-hydrogen) atoms. The smallest absolute Gasteiger partial charge is 0.322 e. The van der Waals surface area contributed by atoms with E-state index in [9.17, 15) is 14.4 Å². The van der Waals surface area contributed by atoms with E-state index in [1.54, 1.807) is 0 Å². The van der Waals surface area contributed by atoms with E-state index in [-0.39, 0.29) is 24.5 Å². The number of esters is 1. The Morgan fingerprint density at radius 3 is 1.84 bits per heavy atom. The number of allylic oxidation sites excluding steroid dienone is 9. The van der Waals surface area contributed by atoms with Crippen molar-refractivity contribution in [1.82, 2.24) is 5.32 Å². The fourth-order valence-corrected chi connectivity index (χ4v) is 4.59. The highest BCUT2D eigenvalue weighted by Gasteiger charge is 2.11. The average Bonchev–Trinajstić information content (AvgIpc) is 3.00. The molecule has 2 N–H and O–H groups in total. The normalized spacial score (nSPS) is 12.8. The van der Waals surface area contributed by atoms with Crippen LogP contribution in [0.3, 0.4) is 0 Å². The first-order valence-electron chi connectivity index (χ1n) is 17.4. The van der Waals surface area contributed by atoms with Gasteiger partial charge in [0.15, 0.2) is 0 Å². The van der Waals surface area contributed by atoms with E-state index >= 15 is 0 Å². The Morgan fingerprint density at radius 1 is 0.636 bits per heavy atom. The molecule has 0 rings (SSSR count). The zero-order chi connectivity index (χ0) is 32.4. The molecule has 0 aliphatic carbocycles. The van der Waals surface area contributed by atoms with E-state index in [1.807, 2.05) is 6.08 Å². The quantitative estimate of drug-likeness (QED) is 0.0478. The zero-order valence-electron chi connectivity index (χ0n) is 28.0. The third kappa shape index (κ3) is 32.0. The summed E-state index contributed by atoms with van der Waals surface area (Å²) in [5, 5.41) is 11.0. The van der Waals surface area contributed by atoms with Crippen LogP contribution in [0.4, 0.5) is 0 Å². The number of aliphatic carboxylic acids is 1. The van der Waals surface area contributed by atoms with Gasteiger partial charge in [-0.05, 0) is 83.1 Å². The lowest BCUT2D eigenvalue weighted by atomic mass is 10.1. The van der Waals surface area contributed by atoms with Crippen molar-refractivity contribution in [3.8, 4) is 0 Å². The van der Waals surface area contributed by atoms with Crippen LogP contribution >= 0.6 is 0 Å². The van der Waals surface area contributed by atoms with Gasteiger partial charge in [0.25, 0.3) is 0 Å². The van der Waals surface area contributed by atoms with Crippen molar-refractivity contribution < 1.29 is 24.2 Å². The highest BCUT2D eigenvalue weighted by atomic mass is 16.5. The maximum Gasteiger partial charge on any atom is 0.322 e. The number of unbranched alkanes of at least 4 members (excludes halogenated alkanes) is 11. The molecular weight excluding hydrogens is 550 g/mol. The largest absolute Gasteiger partial charge is 0.480 e. The molecule has 0 saturated heterocycles. The minimum Gasteiger partial charge on any atom is -0.480 e. The lowest BCUT2D eigenvalue weighted by Gasteiger charge is -2.14. The van der Waals surface area contributed by atoms with Crippen LogP contribution in [0.25, 0.3) is 0 Å². The second kappa shape index (κ2) is 33.0. The standard InChI is InChI=1S/C38H63NO5/c1-3-5-7-9-11-13-14-15-16-17-18-19-21-23-29-33-38(43)44-35(30-26-22-20-12-10-8-6-4-2)31-27-24-25-28-32-36(40)39-34-37(41)42/h6,8,11-13,15-16,20,26,30,35H,3-5,7,9-10,14,17-19,21-25,27-29,31-34H2,1-2H3,(H,39,40)(H,41,42)/b8-6-,13-11-,16-15-,20-12-,30-26-. The van der Waals surface area contributed by atoms with Crippen LogP contribution in [0.2, 0.25) is 0 Å². The van der Waals surface area contributed by atoms with E-state index in [2.05, 4.69) is 73.8 Å². The first-order chi connectivity index (χ1) is 21.5. The fraction of sp³-hybridized carbons (Fsp3) is 0.658. The van der Waals surface area contributed by atoms with Crippen LogP contribution in [-0.4, -0.2) is 35.6 Å². The monoisotopic (exact) mass is 613 g/mol. The highest BCUT2D eigenvalue weighted by Crippen LogP contribution is 2.14. The molecule has 0 heterocycles. The van der Waals surface area contributed by atoms with Crippen molar-refractivity contribution >= 4 is 17.8 Å². The van der Waals surface area contributed by atoms with Crippen LogP contribution in [0.5, 0.6) is 0 Å². The summed E-state index contributed by atoms with van der Waals surface area (Å²) in [7, 11) is 0. The number of rotatable bonds is 30. The Morgan fingerprint density at radius 2 is 1.18 bits per heavy atom. The summed E-state index contributed by atoms with van der Waals surface area (Å²) >= 11 is 0. The lowest BCUT2D eigenvalue weighted by molar-refractivity contribution is -0.147. The Bertz CT molecular complexity index is 855. The number of amides is 1. The van der Waals surface area contributed by atoms with E-state index < -0.39 is 5.97 Å². The van der Waals surface area contributed by atoms with Gasteiger partial charge in [0.1, 0.15) is 12.6 Å². The molecule has 0 saturated carbocycles. The number of carboxylic acids is 1. The van der Waals surface area contributed by atoms with Crippen molar-refractivity contribution in [2.75, 3.05) is 6.54 Å². The molecule has 0 aliphatic heterocycles. The lowest BCUT2D eigenvalue weighted by Crippen LogP contribution is -2.28. The summed E-state index contributed by atoms with van der Waals surface area (Å²) in [4.78, 5) is 34.8. The highest BCUT2D eigenvalue weighted by molar-refractivity contribution is 5.80. The van der Waals surface area contributed by atoms with Crippen molar-refractivity contribution in [2.24, 2.45) is 0 Å². The van der Waals surface area contributed by atoms with Gasteiger partial charge in [-0.15, -0.1) is 0 Å². The van der Waals surface area contributed by atoms with Gasteiger partial charge in [-0.3, -0.25) is 14.4 Å². The molecule has 0 fully saturated rings. The topological polar surface area (TPSA) is 92.7 Å². The predicted molar refractivity (Wildman–Crippen MR) is 185 cm³/mol. The number of hydrogen-bond acceptors (Lipinski definition) is 4. The summed E-state index contributed by atoms with van der Waals surface area (Å²) in [5.41, 5.74) is 0. The van der Waals surface area contributed by atoms with Gasteiger partial charge in [0, 0.05) is 12.8 Å². The summed E-state index contributed by atoms with van der Waals surface area (Å²) in [6, 6.07) is 0. The van der Waals surface area contributed by atoms with Gasteiger partial charge in [0.05, 0.1) is 0 Å². The van der Waals surface area contributed by atoms with Crippen LogP contribution in [0.1, 0.15) is 149 Å². The molecule has 6 heteroatoms. The first-order valence-corrected chi connectivity index (χ1v) is 17.4. The Hall–Kier alpha value is -2.89. The molecule has 0 aliphatic rings. The van der Waals surface area contributed by atoms with Gasteiger partial charge in [-0.2, -0.15) is 0 Å². The molecule has 1 amide bonds. The molecule has 250 valence electrons. The van der Waals surface area contributed by atoms with E-state index in [4.69, 9.17) is 9.84 Å². The van der Waals surface area contributed by atoms with E-state index in [0.29, 0.717) is 12.8 Å². The minimum absolute atomic E-state index is 0.124. The molecule has 6 nitrogen and oxygen atoms in total. The SMILES string of the molecule is CC/C=C\C/C=C\C/C=C\C(CCCCCCC(=O)NCC(=O)O)OC(=O)CCCCCCC/C=C\C/C=C\CCCCC. The predicted octanol–water partition coefficient (Wildman–Crippen LogP) is 10.1. The Balaban J connectivity index is 4.25. The first kappa shape index (κ1) is 41.1. The number of nitrogens with one attached hydrogen (secondary N) is 1. The molecule has 0 radical (unpaired) electrons. The molecule has 0 spiro atoms. The van der Waals surface area contributed by atoms with Crippen LogP contribution in [-0.2, 0) is 19.1 Å². The van der Waals surface area contributed by atoms with Crippen LogP contribution < -0.4 is 5.32 Å². The third-order valence-electron chi connectivity index (χ3n) is 7.16. The van der Waals surface area contributed by atoms with E-state index in [0.717, 1.165) is 83.5 Å². The summed E-state index contributed by atoms with van der Waals surface area (Å²) in [5.74, 6) is -1.39. The summed E-state index contributed by atoms with van der Waals surface area (Å²) in [6.07, 6.45) is 42.1. The average molecular weight is 614 g/mol. The van der Waals surface area contributed by atoms with Crippen LogP contribution in [0, 0.1) is 0 Å². The Labute approximate surface area is 269 Å². The summed E-state index contributed by atoms with van der Waals surface area (Å²) < 4.78 is 5.83. The summed E-state index contributed by atoms with van der Waals surface area (Å²) in [6.45, 7) is 4.03. The zero-order valence-corrected chi connectivity index (χ0v) is 28.0. The van der Waals surface area contributed by atoms with Crippen molar-refractivity contribution in [3.05, 3.63) is 60.8 Å². The van der Waals surface area contributed by atoms with Crippen molar-refractivity contribution in [2.45, 2.75) is 155 Å². The minimum atomic E-state index is -1.04. The number of carbonyl (C=O) groups excluding carboxylic acids is 2. The number of carboxylic acid groups (broad SMARTS) is 1. The van der Waals surface area contributed by atoms with Gasteiger partial charge in [0.2, 0.25) is 5.91 Å². The van der Waals surface area contributed by atoms with E-state index in [1.165, 1.54) is 38.5 Å². The second-order valence-electron chi connectivity index (χ2n) is 11.4. The van der Waals surface area contributed by atoms with Gasteiger partial charge < -0.3 is 15.2 Å². The molecule has 0 aromatic heterocycles. The van der Waals surface area contributed by atoms with Gasteiger partial charge in [-0.1, -0.05) is 113 Å². The number of hydrogen-bond donors (Lipinski definition) is 2. The van der Waals surface area contributed by atoms with Gasteiger partial charge in [-0.25, -0.2) is 0 Å². The second-order valence-corrected chi connectivity index (χ2v) is 11.4. The molecule has 1 unspecified atom stereocenters. The van der Waals surface area contributed by atoms with Crippen molar-refractivity contribution in [1.29, 1.82) is 0 Å². The Kier molecular flexibility index (Phi) is 30.8. The fourth-order valence-electron chi connectivity index (χ4n) is 4.59. The molecule has 1 atom stereocenters. The van der Waals surface area contributed by atoms with Crippen molar-refractivity contribution in [3.63, 3.8) is 0 Å². The molecular formula is C38H63NO5. The maximum absolute atomic E-state index is 12.6. The number of carbonyl (C=O) groups is 3. The molecule has 0 bridgehead atoms. The maximum atomic E-state index is 12.6.